The number of para-hydroxylation sites is 1. The zero-order valence-corrected chi connectivity index (χ0v) is 24.0. The van der Waals surface area contributed by atoms with Crippen LogP contribution in [0.2, 0.25) is 0 Å². The van der Waals surface area contributed by atoms with Crippen molar-refractivity contribution in [2.75, 3.05) is 45.1 Å². The van der Waals surface area contributed by atoms with E-state index in [9.17, 15) is 29.2 Å². The molecule has 0 radical (unpaired) electrons. The highest BCUT2D eigenvalue weighted by Crippen LogP contribution is 2.48. The summed E-state index contributed by atoms with van der Waals surface area (Å²) in [5, 5.41) is 24.9. The number of carboxylic acids is 1. The van der Waals surface area contributed by atoms with Crippen molar-refractivity contribution in [2.45, 2.75) is 57.4 Å². The first-order valence-corrected chi connectivity index (χ1v) is 16.1. The van der Waals surface area contributed by atoms with Crippen LogP contribution in [-0.2, 0) is 18.9 Å². The molecule has 1 saturated carbocycles. The van der Waals surface area contributed by atoms with Gasteiger partial charge in [0, 0.05) is 30.5 Å². The summed E-state index contributed by atoms with van der Waals surface area (Å²) in [6.45, 7) is 3.81. The van der Waals surface area contributed by atoms with Crippen molar-refractivity contribution in [2.24, 2.45) is 11.0 Å². The lowest BCUT2D eigenvalue weighted by molar-refractivity contribution is -0.143. The first-order chi connectivity index (χ1) is 18.4. The molecule has 0 bridgehead atoms. The molecule has 3 N–H and O–H groups in total. The Kier molecular flexibility index (Phi) is 8.66. The van der Waals surface area contributed by atoms with Crippen LogP contribution in [0.25, 0.3) is 0 Å². The highest BCUT2D eigenvalue weighted by molar-refractivity contribution is 7.63. The number of rotatable bonds is 7. The molecule has 2 fully saturated rings. The third-order valence-corrected chi connectivity index (χ3v) is 10.6. The number of hydrogen-bond acceptors (Lipinski definition) is 8. The molecule has 2 heterocycles. The highest BCUT2D eigenvalue weighted by Gasteiger charge is 2.42. The van der Waals surface area contributed by atoms with Crippen molar-refractivity contribution in [3.05, 3.63) is 34.9 Å². The lowest BCUT2D eigenvalue weighted by Gasteiger charge is -2.38. The number of hydrogen-bond donors (Lipinski definition) is 3. The Bertz CT molecular complexity index is 1260. The summed E-state index contributed by atoms with van der Waals surface area (Å²) in [6.07, 6.45) is 4.64. The van der Waals surface area contributed by atoms with Crippen LogP contribution in [0.5, 0.6) is 5.75 Å². The average molecular weight is 559 g/mol. The molecule has 0 spiro atoms. The molecule has 1 aromatic rings. The quantitative estimate of drug-likeness (QED) is 0.198. The molecule has 11 heteroatoms. The van der Waals surface area contributed by atoms with Gasteiger partial charge in [0.1, 0.15) is 5.75 Å². The molecule has 0 aromatic heterocycles. The predicted octanol–water partition coefficient (Wildman–Crippen LogP) is 3.92. The van der Waals surface area contributed by atoms with E-state index in [1.165, 1.54) is 4.90 Å². The van der Waals surface area contributed by atoms with Gasteiger partial charge in [0.2, 0.25) is 0 Å². The second kappa shape index (κ2) is 11.6. The van der Waals surface area contributed by atoms with Crippen molar-refractivity contribution in [3.63, 3.8) is 0 Å². The normalized spacial score (nSPS) is 29.3. The van der Waals surface area contributed by atoms with Crippen molar-refractivity contribution in [1.82, 2.24) is 9.80 Å². The molecule has 2 aliphatic heterocycles. The number of likely N-dealkylation sites (N-methyl/N-ethyl adjacent to an activating group) is 1. The second-order valence-electron chi connectivity index (χ2n) is 11.5. The topological polar surface area (TPSA) is 140 Å². The van der Waals surface area contributed by atoms with Gasteiger partial charge in [-0.3, -0.25) is 24.7 Å². The van der Waals surface area contributed by atoms with Crippen LogP contribution in [0.3, 0.4) is 0 Å². The van der Waals surface area contributed by atoms with Gasteiger partial charge in [-0.15, -0.1) is 0 Å². The third-order valence-electron chi connectivity index (χ3n) is 8.24. The van der Waals surface area contributed by atoms with Gasteiger partial charge in [0.05, 0.1) is 18.7 Å². The largest absolute Gasteiger partial charge is 0.505 e. The Morgan fingerprint density at radius 1 is 1.15 bits per heavy atom. The van der Waals surface area contributed by atoms with Crippen molar-refractivity contribution in [1.29, 1.82) is 0 Å². The van der Waals surface area contributed by atoms with E-state index >= 15 is 0 Å². The van der Waals surface area contributed by atoms with Crippen LogP contribution in [0.1, 0.15) is 56.9 Å². The summed E-state index contributed by atoms with van der Waals surface area (Å²) >= 11 is 0. The Labute approximate surface area is 229 Å². The van der Waals surface area contributed by atoms with Gasteiger partial charge in [-0.05, 0) is 82.9 Å². The number of hydrazone groups is 1. The zero-order chi connectivity index (χ0) is 28.5. The lowest BCUT2D eigenvalue weighted by Crippen LogP contribution is -2.54. The Balaban J connectivity index is 1.64. The molecule has 39 heavy (non-hydrogen) atoms. The van der Waals surface area contributed by atoms with E-state index in [4.69, 9.17) is 0 Å². The molecular weight excluding hydrogens is 519 g/mol. The van der Waals surface area contributed by atoms with E-state index in [-0.39, 0.29) is 29.3 Å². The summed E-state index contributed by atoms with van der Waals surface area (Å²) in [5.74, 6) is -2.20. The summed E-state index contributed by atoms with van der Waals surface area (Å²) in [6, 6.07) is 4.87. The van der Waals surface area contributed by atoms with Gasteiger partial charge in [-0.25, -0.2) is 0 Å². The third kappa shape index (κ3) is 6.28. The molecule has 212 valence electrons. The summed E-state index contributed by atoms with van der Waals surface area (Å²) < 4.78 is 12.5. The van der Waals surface area contributed by atoms with E-state index in [1.54, 1.807) is 31.8 Å². The molecule has 1 aromatic carbocycles. The number of phenolic OH excluding ortho intramolecular Hbond substituents is 1. The standard InChI is InChI=1S/C28H39N4O6P/c1-17-22(16-31(2)3)26(34)32(20-11-13-39(4,38)14-12-20)27(35)24(17)30-29-23-10-6-9-21(25(23)33)18-7-5-8-19(15-18)28(36)37/h6,9-10,18-20,29,33H,5,7-8,11-16H2,1-4H3,(H,36,37). The van der Waals surface area contributed by atoms with Crippen molar-refractivity contribution in [3.8, 4) is 5.75 Å². The predicted molar refractivity (Wildman–Crippen MR) is 151 cm³/mol. The number of carboxylic acid groups (broad SMARTS) is 1. The molecule has 2 unspecified atom stereocenters. The molecule has 2 amide bonds. The number of imide groups is 1. The monoisotopic (exact) mass is 558 g/mol. The first kappa shape index (κ1) is 29.0. The fourth-order valence-electron chi connectivity index (χ4n) is 5.93. The molecular formula is C28H39N4O6P. The number of anilines is 1. The second-order valence-corrected chi connectivity index (χ2v) is 15.0. The van der Waals surface area contributed by atoms with Crippen LogP contribution in [-0.4, -0.2) is 89.2 Å². The zero-order valence-electron chi connectivity index (χ0n) is 23.1. The Morgan fingerprint density at radius 2 is 1.85 bits per heavy atom. The molecule has 4 rings (SSSR count). The van der Waals surface area contributed by atoms with Crippen LogP contribution in [0.4, 0.5) is 5.69 Å². The summed E-state index contributed by atoms with van der Waals surface area (Å²) in [4.78, 5) is 41.8. The van der Waals surface area contributed by atoms with E-state index in [0.29, 0.717) is 66.9 Å². The van der Waals surface area contributed by atoms with E-state index < -0.39 is 24.9 Å². The van der Waals surface area contributed by atoms with Gasteiger partial charge in [-0.2, -0.15) is 5.10 Å². The SMILES string of the molecule is CC1=C(CN(C)C)C(=O)N(C2CCP(C)(=O)CC2)C(=O)C1=NNc1cccc(C2CCCC(C(=O)O)C2)c1O. The van der Waals surface area contributed by atoms with Gasteiger partial charge in [0.15, 0.2) is 5.71 Å². The molecule has 3 aliphatic rings. The highest BCUT2D eigenvalue weighted by atomic mass is 31.2. The maximum absolute atomic E-state index is 13.7. The minimum atomic E-state index is -2.24. The average Bonchev–Trinajstić information content (AvgIpc) is 2.88. The minimum absolute atomic E-state index is 0.0183. The number of nitrogens with zero attached hydrogens (tertiary/aromatic N) is 3. The van der Waals surface area contributed by atoms with Gasteiger partial charge >= 0.3 is 5.97 Å². The van der Waals surface area contributed by atoms with Gasteiger partial charge in [-0.1, -0.05) is 18.6 Å². The molecule has 10 nitrogen and oxygen atoms in total. The maximum Gasteiger partial charge on any atom is 0.306 e. The summed E-state index contributed by atoms with van der Waals surface area (Å²) in [5.41, 5.74) is 4.87. The first-order valence-electron chi connectivity index (χ1n) is 13.6. The number of aromatic hydroxyl groups is 1. The molecule has 2 atom stereocenters. The van der Waals surface area contributed by atoms with Crippen molar-refractivity contribution >= 4 is 36.3 Å². The van der Waals surface area contributed by atoms with Crippen LogP contribution in [0, 0.1) is 5.92 Å². The smallest absolute Gasteiger partial charge is 0.306 e. The van der Waals surface area contributed by atoms with Crippen molar-refractivity contribution < 1.29 is 29.2 Å². The van der Waals surface area contributed by atoms with Gasteiger partial charge in [0.25, 0.3) is 11.8 Å². The summed E-state index contributed by atoms with van der Waals surface area (Å²) in [7, 11) is 1.46. The maximum atomic E-state index is 13.7. The molecule has 1 saturated heterocycles. The van der Waals surface area contributed by atoms with Crippen LogP contribution >= 0.6 is 7.14 Å². The number of phenols is 1. The Morgan fingerprint density at radius 3 is 2.49 bits per heavy atom. The lowest BCUT2D eigenvalue weighted by atomic mass is 9.77. The molecule has 1 aliphatic carbocycles. The number of nitrogens with one attached hydrogen (secondary N) is 1. The Hall–Kier alpha value is -2.97. The van der Waals surface area contributed by atoms with Gasteiger partial charge < -0.3 is 19.7 Å². The van der Waals surface area contributed by atoms with Crippen LogP contribution < -0.4 is 5.43 Å². The minimum Gasteiger partial charge on any atom is -0.505 e. The fourth-order valence-corrected chi connectivity index (χ4v) is 7.85. The number of carbonyl (C=O) groups excluding carboxylic acids is 2. The van der Waals surface area contributed by atoms with E-state index in [2.05, 4.69) is 10.5 Å². The number of aliphatic carboxylic acids is 1. The number of carbonyl (C=O) groups is 3. The van der Waals surface area contributed by atoms with E-state index in [0.717, 1.165) is 12.8 Å². The number of amides is 2. The number of benzene rings is 1. The van der Waals surface area contributed by atoms with Crippen LogP contribution in [0.15, 0.2) is 34.4 Å². The fraction of sp³-hybridized carbons (Fsp3) is 0.571. The van der Waals surface area contributed by atoms with E-state index in [1.807, 2.05) is 19.0 Å².